The van der Waals surface area contributed by atoms with E-state index in [4.69, 9.17) is 5.11 Å². The SMILES string of the molecule is CC(C)Cn1cnc(-c2ccccc2CCC(=O)O)n1. The van der Waals surface area contributed by atoms with Crippen LogP contribution in [0.25, 0.3) is 11.4 Å². The second kappa shape index (κ2) is 6.32. The van der Waals surface area contributed by atoms with Gasteiger partial charge in [-0.05, 0) is 17.9 Å². The third kappa shape index (κ3) is 3.66. The molecule has 0 fully saturated rings. The molecular formula is C15H19N3O2. The second-order valence-corrected chi connectivity index (χ2v) is 5.23. The lowest BCUT2D eigenvalue weighted by molar-refractivity contribution is -0.136. The fourth-order valence-electron chi connectivity index (χ4n) is 2.08. The summed E-state index contributed by atoms with van der Waals surface area (Å²) in [7, 11) is 0. The van der Waals surface area contributed by atoms with E-state index in [0.29, 0.717) is 18.2 Å². The Hall–Kier alpha value is -2.17. The van der Waals surface area contributed by atoms with Crippen LogP contribution in [0.2, 0.25) is 0 Å². The van der Waals surface area contributed by atoms with Crippen LogP contribution in [0.5, 0.6) is 0 Å². The van der Waals surface area contributed by atoms with Crippen LogP contribution in [-0.2, 0) is 17.8 Å². The molecule has 0 aliphatic heterocycles. The van der Waals surface area contributed by atoms with Gasteiger partial charge in [0.15, 0.2) is 5.82 Å². The molecule has 1 heterocycles. The maximum atomic E-state index is 10.7. The molecule has 1 N–H and O–H groups in total. The van der Waals surface area contributed by atoms with Gasteiger partial charge in [0.2, 0.25) is 0 Å². The lowest BCUT2D eigenvalue weighted by Gasteiger charge is -2.05. The summed E-state index contributed by atoms with van der Waals surface area (Å²) in [6, 6.07) is 7.70. The van der Waals surface area contributed by atoms with Crippen molar-refractivity contribution in [2.24, 2.45) is 5.92 Å². The van der Waals surface area contributed by atoms with Crippen molar-refractivity contribution in [2.75, 3.05) is 0 Å². The van der Waals surface area contributed by atoms with E-state index >= 15 is 0 Å². The Morgan fingerprint density at radius 1 is 1.35 bits per heavy atom. The molecule has 0 atom stereocenters. The van der Waals surface area contributed by atoms with Crippen LogP contribution in [0.4, 0.5) is 0 Å². The number of nitrogens with zero attached hydrogens (tertiary/aromatic N) is 3. The molecule has 0 unspecified atom stereocenters. The molecule has 2 rings (SSSR count). The third-order valence-electron chi connectivity index (χ3n) is 2.96. The number of hydrogen-bond acceptors (Lipinski definition) is 3. The summed E-state index contributed by atoms with van der Waals surface area (Å²) < 4.78 is 1.83. The lowest BCUT2D eigenvalue weighted by atomic mass is 10.0. The van der Waals surface area contributed by atoms with E-state index < -0.39 is 5.97 Å². The number of hydrogen-bond donors (Lipinski definition) is 1. The molecule has 20 heavy (non-hydrogen) atoms. The average molecular weight is 273 g/mol. The molecule has 5 nitrogen and oxygen atoms in total. The van der Waals surface area contributed by atoms with E-state index in [1.807, 2.05) is 28.9 Å². The average Bonchev–Trinajstić information content (AvgIpc) is 2.84. The molecule has 106 valence electrons. The third-order valence-corrected chi connectivity index (χ3v) is 2.96. The van der Waals surface area contributed by atoms with Gasteiger partial charge in [-0.2, -0.15) is 5.10 Å². The summed E-state index contributed by atoms with van der Waals surface area (Å²) >= 11 is 0. The van der Waals surface area contributed by atoms with Crippen molar-refractivity contribution in [1.82, 2.24) is 14.8 Å². The second-order valence-electron chi connectivity index (χ2n) is 5.23. The van der Waals surface area contributed by atoms with Crippen LogP contribution in [0.3, 0.4) is 0 Å². The Kier molecular flexibility index (Phi) is 4.50. The van der Waals surface area contributed by atoms with Crippen molar-refractivity contribution in [3.63, 3.8) is 0 Å². The number of aliphatic carboxylic acids is 1. The van der Waals surface area contributed by atoms with E-state index in [1.165, 1.54) is 0 Å². The molecule has 0 saturated heterocycles. The molecule has 5 heteroatoms. The zero-order valence-corrected chi connectivity index (χ0v) is 11.8. The minimum absolute atomic E-state index is 0.115. The first-order valence-electron chi connectivity index (χ1n) is 6.75. The number of aromatic nitrogens is 3. The Bertz CT molecular complexity index is 590. The van der Waals surface area contributed by atoms with Crippen LogP contribution in [0.15, 0.2) is 30.6 Å². The maximum absolute atomic E-state index is 10.7. The van der Waals surface area contributed by atoms with E-state index in [2.05, 4.69) is 23.9 Å². The number of rotatable bonds is 6. The normalized spacial score (nSPS) is 10.9. The van der Waals surface area contributed by atoms with Crippen LogP contribution in [0, 0.1) is 5.92 Å². The number of carboxylic acid groups (broad SMARTS) is 1. The minimum atomic E-state index is -0.793. The predicted molar refractivity (Wildman–Crippen MR) is 76.3 cm³/mol. The largest absolute Gasteiger partial charge is 0.481 e. The van der Waals surface area contributed by atoms with Gasteiger partial charge in [-0.3, -0.25) is 9.48 Å². The van der Waals surface area contributed by atoms with Crippen molar-refractivity contribution < 1.29 is 9.90 Å². The van der Waals surface area contributed by atoms with Gasteiger partial charge in [0, 0.05) is 18.5 Å². The van der Waals surface area contributed by atoms with Gasteiger partial charge in [0.1, 0.15) is 6.33 Å². The maximum Gasteiger partial charge on any atom is 0.303 e. The van der Waals surface area contributed by atoms with Gasteiger partial charge >= 0.3 is 5.97 Å². The summed E-state index contributed by atoms with van der Waals surface area (Å²) in [5.41, 5.74) is 1.88. The highest BCUT2D eigenvalue weighted by molar-refractivity contribution is 5.68. The standard InChI is InChI=1S/C15H19N3O2/c1-11(2)9-18-10-16-15(17-18)13-6-4-3-5-12(13)7-8-14(19)20/h3-6,10-11H,7-9H2,1-2H3,(H,19,20). The highest BCUT2D eigenvalue weighted by Crippen LogP contribution is 2.21. The highest BCUT2D eigenvalue weighted by Gasteiger charge is 2.11. The zero-order chi connectivity index (χ0) is 14.5. The smallest absolute Gasteiger partial charge is 0.303 e. The molecule has 0 radical (unpaired) electrons. The van der Waals surface area contributed by atoms with Gasteiger partial charge in [0.25, 0.3) is 0 Å². The van der Waals surface area contributed by atoms with Crippen LogP contribution in [-0.4, -0.2) is 25.8 Å². The summed E-state index contributed by atoms with van der Waals surface area (Å²) in [6.07, 6.45) is 2.33. The van der Waals surface area contributed by atoms with E-state index in [9.17, 15) is 4.79 Å². The summed E-state index contributed by atoms with van der Waals surface area (Å²) in [6.45, 7) is 5.08. The number of carboxylic acids is 1. The van der Waals surface area contributed by atoms with Gasteiger partial charge in [-0.15, -0.1) is 0 Å². The Labute approximate surface area is 118 Å². The monoisotopic (exact) mass is 273 g/mol. The highest BCUT2D eigenvalue weighted by atomic mass is 16.4. The summed E-state index contributed by atoms with van der Waals surface area (Å²) in [5.74, 6) is 0.372. The predicted octanol–water partition coefficient (Wildman–Crippen LogP) is 2.62. The molecule has 2 aromatic rings. The molecule has 0 aliphatic rings. The van der Waals surface area contributed by atoms with Crippen LogP contribution >= 0.6 is 0 Å². The minimum Gasteiger partial charge on any atom is -0.481 e. The number of benzene rings is 1. The topological polar surface area (TPSA) is 68.0 Å². The quantitative estimate of drug-likeness (QED) is 0.878. The Balaban J connectivity index is 2.23. The van der Waals surface area contributed by atoms with Gasteiger partial charge in [-0.25, -0.2) is 4.98 Å². The van der Waals surface area contributed by atoms with Gasteiger partial charge in [0.05, 0.1) is 0 Å². The first-order chi connectivity index (χ1) is 9.56. The molecule has 0 saturated carbocycles. The van der Waals surface area contributed by atoms with E-state index in [-0.39, 0.29) is 6.42 Å². The summed E-state index contributed by atoms with van der Waals surface area (Å²) in [5, 5.41) is 13.3. The molecule has 0 spiro atoms. The summed E-state index contributed by atoms with van der Waals surface area (Å²) in [4.78, 5) is 15.0. The number of carbonyl (C=O) groups is 1. The Morgan fingerprint density at radius 2 is 2.10 bits per heavy atom. The van der Waals surface area contributed by atoms with Crippen molar-refractivity contribution in [1.29, 1.82) is 0 Å². The molecule has 1 aromatic heterocycles. The van der Waals surface area contributed by atoms with Crippen molar-refractivity contribution >= 4 is 5.97 Å². The molecule has 0 bridgehead atoms. The zero-order valence-electron chi connectivity index (χ0n) is 11.8. The van der Waals surface area contributed by atoms with Gasteiger partial charge in [-0.1, -0.05) is 38.1 Å². The Morgan fingerprint density at radius 3 is 2.80 bits per heavy atom. The van der Waals surface area contributed by atoms with E-state index in [0.717, 1.165) is 17.7 Å². The fraction of sp³-hybridized carbons (Fsp3) is 0.400. The van der Waals surface area contributed by atoms with Crippen molar-refractivity contribution in [2.45, 2.75) is 33.2 Å². The fourth-order valence-corrected chi connectivity index (χ4v) is 2.08. The molecular weight excluding hydrogens is 254 g/mol. The van der Waals surface area contributed by atoms with Crippen LogP contribution < -0.4 is 0 Å². The number of aryl methyl sites for hydroxylation is 1. The first-order valence-corrected chi connectivity index (χ1v) is 6.75. The molecule has 0 aliphatic carbocycles. The van der Waals surface area contributed by atoms with E-state index in [1.54, 1.807) is 6.33 Å². The molecule has 0 amide bonds. The van der Waals surface area contributed by atoms with Gasteiger partial charge < -0.3 is 5.11 Å². The van der Waals surface area contributed by atoms with Crippen molar-refractivity contribution in [3.8, 4) is 11.4 Å². The van der Waals surface area contributed by atoms with Crippen molar-refractivity contribution in [3.05, 3.63) is 36.2 Å². The molecule has 1 aromatic carbocycles. The first kappa shape index (κ1) is 14.2. The lowest BCUT2D eigenvalue weighted by Crippen LogP contribution is -2.05. The van der Waals surface area contributed by atoms with Crippen LogP contribution in [0.1, 0.15) is 25.8 Å².